The Bertz CT molecular complexity index is 895. The van der Waals surface area contributed by atoms with Crippen LogP contribution in [0.2, 0.25) is 0 Å². The maximum absolute atomic E-state index is 11.5. The molecule has 0 aliphatic heterocycles. The van der Waals surface area contributed by atoms with Gasteiger partial charge in [-0.1, -0.05) is 35.0 Å². The molecule has 5 nitrogen and oxygen atoms in total. The summed E-state index contributed by atoms with van der Waals surface area (Å²) < 4.78 is 24.6. The van der Waals surface area contributed by atoms with Crippen LogP contribution in [0.3, 0.4) is 0 Å². The lowest BCUT2D eigenvalue weighted by Crippen LogP contribution is -1.99. The molecule has 0 atom stereocenters. The van der Waals surface area contributed by atoms with E-state index < -0.39 is 9.84 Å². The third-order valence-corrected chi connectivity index (χ3v) is 4.50. The fourth-order valence-corrected chi connectivity index (χ4v) is 2.72. The summed E-state index contributed by atoms with van der Waals surface area (Å²) in [5.41, 5.74) is 3.71. The van der Waals surface area contributed by atoms with Crippen molar-refractivity contribution < 1.29 is 8.42 Å². The van der Waals surface area contributed by atoms with E-state index in [1.807, 2.05) is 37.4 Å². The molecule has 1 aromatic heterocycles. The van der Waals surface area contributed by atoms with Gasteiger partial charge in [0.25, 0.3) is 0 Å². The second-order valence-corrected chi connectivity index (χ2v) is 7.20. The van der Waals surface area contributed by atoms with E-state index in [0.29, 0.717) is 0 Å². The maximum atomic E-state index is 11.5. The highest BCUT2D eigenvalue weighted by Gasteiger charge is 2.08. The van der Waals surface area contributed by atoms with Gasteiger partial charge in [-0.3, -0.25) is 0 Å². The number of sulfone groups is 1. The van der Waals surface area contributed by atoms with Gasteiger partial charge in [0.1, 0.15) is 5.69 Å². The first-order valence-corrected chi connectivity index (χ1v) is 8.62. The van der Waals surface area contributed by atoms with Crippen LogP contribution in [-0.2, 0) is 9.84 Å². The molecule has 0 radical (unpaired) electrons. The highest BCUT2D eigenvalue weighted by Crippen LogP contribution is 2.19. The number of hydrogen-bond donors (Lipinski definition) is 0. The molecule has 1 heterocycles. The second-order valence-electron chi connectivity index (χ2n) is 5.18. The number of nitrogens with zero attached hydrogens (tertiary/aromatic N) is 3. The van der Waals surface area contributed by atoms with Gasteiger partial charge in [0.2, 0.25) is 0 Å². The molecule has 112 valence electrons. The van der Waals surface area contributed by atoms with Crippen molar-refractivity contribution in [3.05, 3.63) is 60.3 Å². The topological polar surface area (TPSA) is 64.8 Å². The minimum absolute atomic E-state index is 0.287. The zero-order chi connectivity index (χ0) is 15.7. The lowest BCUT2D eigenvalue weighted by molar-refractivity contribution is 0.602. The molecule has 0 aliphatic carbocycles. The zero-order valence-corrected chi connectivity index (χ0v) is 13.1. The summed E-state index contributed by atoms with van der Waals surface area (Å²) in [6.45, 7) is 2.03. The van der Waals surface area contributed by atoms with Gasteiger partial charge in [-0.25, -0.2) is 13.1 Å². The van der Waals surface area contributed by atoms with Crippen molar-refractivity contribution in [3.8, 4) is 16.9 Å². The molecule has 0 aliphatic rings. The fraction of sp³-hybridized carbons (Fsp3) is 0.125. The first kappa shape index (κ1) is 14.5. The Labute approximate surface area is 129 Å². The molecule has 0 spiro atoms. The van der Waals surface area contributed by atoms with Gasteiger partial charge in [0.15, 0.2) is 9.84 Å². The first-order valence-electron chi connectivity index (χ1n) is 6.73. The Hall–Kier alpha value is -2.47. The van der Waals surface area contributed by atoms with E-state index in [4.69, 9.17) is 0 Å². The van der Waals surface area contributed by atoms with E-state index >= 15 is 0 Å². The largest absolute Gasteiger partial charge is 0.224 e. The lowest BCUT2D eigenvalue weighted by atomic mass is 10.1. The molecular formula is C16H15N3O2S. The second kappa shape index (κ2) is 5.38. The molecule has 0 saturated heterocycles. The van der Waals surface area contributed by atoms with Crippen LogP contribution >= 0.6 is 0 Å². The van der Waals surface area contributed by atoms with Gasteiger partial charge in [0.05, 0.1) is 16.8 Å². The van der Waals surface area contributed by atoms with E-state index in [0.717, 1.165) is 16.9 Å². The van der Waals surface area contributed by atoms with Crippen molar-refractivity contribution >= 4 is 9.84 Å². The zero-order valence-electron chi connectivity index (χ0n) is 12.3. The summed E-state index contributed by atoms with van der Waals surface area (Å²) in [5, 5.41) is 8.25. The smallest absolute Gasteiger partial charge is 0.175 e. The molecule has 0 bridgehead atoms. The maximum Gasteiger partial charge on any atom is 0.175 e. The van der Waals surface area contributed by atoms with Crippen molar-refractivity contribution in [3.63, 3.8) is 0 Å². The van der Waals surface area contributed by atoms with Crippen molar-refractivity contribution in [2.24, 2.45) is 0 Å². The Morgan fingerprint density at radius 3 is 2.18 bits per heavy atom. The summed E-state index contributed by atoms with van der Waals surface area (Å²) in [4.78, 5) is 0.287. The molecular weight excluding hydrogens is 298 g/mol. The van der Waals surface area contributed by atoms with Crippen LogP contribution in [0.5, 0.6) is 0 Å². The third-order valence-electron chi connectivity index (χ3n) is 3.37. The Morgan fingerprint density at radius 2 is 1.59 bits per heavy atom. The summed E-state index contributed by atoms with van der Waals surface area (Å²) in [7, 11) is -3.19. The first-order chi connectivity index (χ1) is 10.4. The van der Waals surface area contributed by atoms with Crippen LogP contribution in [0, 0.1) is 6.92 Å². The summed E-state index contributed by atoms with van der Waals surface area (Å²) in [5.74, 6) is 0. The van der Waals surface area contributed by atoms with Gasteiger partial charge < -0.3 is 0 Å². The van der Waals surface area contributed by atoms with Crippen LogP contribution in [0.4, 0.5) is 0 Å². The average Bonchev–Trinajstić information content (AvgIpc) is 2.97. The SMILES string of the molecule is Cc1ccc(-c2cn(-c3ccc(S(C)(=O)=O)cc3)nn2)cc1. The van der Waals surface area contributed by atoms with Crippen molar-refractivity contribution in [1.29, 1.82) is 0 Å². The molecule has 3 rings (SSSR count). The van der Waals surface area contributed by atoms with Crippen LogP contribution in [-0.4, -0.2) is 29.7 Å². The molecule has 2 aromatic carbocycles. The van der Waals surface area contributed by atoms with Crippen LogP contribution < -0.4 is 0 Å². The van der Waals surface area contributed by atoms with Crippen molar-refractivity contribution in [2.75, 3.05) is 6.26 Å². The highest BCUT2D eigenvalue weighted by molar-refractivity contribution is 7.90. The molecule has 0 fully saturated rings. The summed E-state index contributed by atoms with van der Waals surface area (Å²) in [6, 6.07) is 14.6. The Morgan fingerprint density at radius 1 is 0.955 bits per heavy atom. The van der Waals surface area contributed by atoms with E-state index in [1.165, 1.54) is 11.8 Å². The van der Waals surface area contributed by atoms with Gasteiger partial charge >= 0.3 is 0 Å². The monoisotopic (exact) mass is 313 g/mol. The lowest BCUT2D eigenvalue weighted by Gasteiger charge is -2.02. The van der Waals surface area contributed by atoms with Crippen LogP contribution in [0.25, 0.3) is 16.9 Å². The minimum Gasteiger partial charge on any atom is -0.224 e. The third kappa shape index (κ3) is 2.92. The average molecular weight is 313 g/mol. The molecule has 6 heteroatoms. The number of benzene rings is 2. The summed E-state index contributed by atoms with van der Waals surface area (Å²) >= 11 is 0. The molecule has 0 unspecified atom stereocenters. The summed E-state index contributed by atoms with van der Waals surface area (Å²) in [6.07, 6.45) is 3.01. The quantitative estimate of drug-likeness (QED) is 0.745. The Kier molecular flexibility index (Phi) is 3.54. The number of rotatable bonds is 3. The van der Waals surface area contributed by atoms with Gasteiger partial charge in [-0.15, -0.1) is 5.10 Å². The predicted molar refractivity (Wildman–Crippen MR) is 84.6 cm³/mol. The number of aryl methyl sites for hydroxylation is 1. The highest BCUT2D eigenvalue weighted by atomic mass is 32.2. The van der Waals surface area contributed by atoms with Crippen molar-refractivity contribution in [2.45, 2.75) is 11.8 Å². The van der Waals surface area contributed by atoms with Gasteiger partial charge in [-0.05, 0) is 31.2 Å². The van der Waals surface area contributed by atoms with E-state index in [9.17, 15) is 8.42 Å². The molecule has 3 aromatic rings. The Balaban J connectivity index is 1.92. The van der Waals surface area contributed by atoms with E-state index in [-0.39, 0.29) is 4.90 Å². The standard InChI is InChI=1S/C16H15N3O2S/c1-12-3-5-13(6-4-12)16-11-19(18-17-16)14-7-9-15(10-8-14)22(2,20)21/h3-11H,1-2H3. The van der Waals surface area contributed by atoms with Crippen LogP contribution in [0.15, 0.2) is 59.6 Å². The number of aromatic nitrogens is 3. The minimum atomic E-state index is -3.19. The van der Waals surface area contributed by atoms with Crippen molar-refractivity contribution in [1.82, 2.24) is 15.0 Å². The molecule has 0 N–H and O–H groups in total. The molecule has 0 saturated carbocycles. The normalized spacial score (nSPS) is 11.5. The molecule has 0 amide bonds. The fourth-order valence-electron chi connectivity index (χ4n) is 2.09. The van der Waals surface area contributed by atoms with E-state index in [1.54, 1.807) is 28.9 Å². The predicted octanol–water partition coefficient (Wildman–Crippen LogP) is 2.65. The van der Waals surface area contributed by atoms with E-state index in [2.05, 4.69) is 10.3 Å². The van der Waals surface area contributed by atoms with Gasteiger partial charge in [-0.2, -0.15) is 0 Å². The van der Waals surface area contributed by atoms with Gasteiger partial charge in [0, 0.05) is 11.8 Å². The molecule has 22 heavy (non-hydrogen) atoms. The van der Waals surface area contributed by atoms with Crippen LogP contribution in [0.1, 0.15) is 5.56 Å². The number of hydrogen-bond acceptors (Lipinski definition) is 4.